The van der Waals surface area contributed by atoms with Crippen molar-refractivity contribution in [3.8, 4) is 11.1 Å². The van der Waals surface area contributed by atoms with Crippen LogP contribution in [0.15, 0.2) is 24.4 Å². The molecule has 0 unspecified atom stereocenters. The van der Waals surface area contributed by atoms with E-state index in [1.54, 1.807) is 0 Å². The van der Waals surface area contributed by atoms with Crippen LogP contribution in [-0.4, -0.2) is 4.98 Å². The fourth-order valence-corrected chi connectivity index (χ4v) is 2.60. The van der Waals surface area contributed by atoms with Crippen LogP contribution >= 0.6 is 34.8 Å². The molecular weight excluding hydrogens is 340 g/mol. The molecule has 20 heavy (non-hydrogen) atoms. The minimum Gasteiger partial charge on any atom is -0.227 e. The SMILES string of the molecule is Fc1ncc(C(F)(F)F)cc1-c1c(Cl)cc(Cl)cc1Cl. The average molecular weight is 345 g/mol. The molecule has 1 aromatic heterocycles. The fourth-order valence-electron chi connectivity index (χ4n) is 1.58. The Bertz CT molecular complexity index is 647. The smallest absolute Gasteiger partial charge is 0.227 e. The lowest BCUT2D eigenvalue weighted by Crippen LogP contribution is -2.07. The molecule has 0 bridgehead atoms. The lowest BCUT2D eigenvalue weighted by Gasteiger charge is -2.12. The maximum Gasteiger partial charge on any atom is 0.417 e. The van der Waals surface area contributed by atoms with Gasteiger partial charge in [-0.25, -0.2) is 4.98 Å². The quantitative estimate of drug-likeness (QED) is 0.466. The largest absolute Gasteiger partial charge is 0.417 e. The summed E-state index contributed by atoms with van der Waals surface area (Å²) in [5.74, 6) is -1.11. The number of hydrogen-bond donors (Lipinski definition) is 0. The maximum atomic E-state index is 13.7. The predicted molar refractivity (Wildman–Crippen MR) is 69.7 cm³/mol. The van der Waals surface area contributed by atoms with Crippen LogP contribution in [0.3, 0.4) is 0 Å². The summed E-state index contributed by atoms with van der Waals surface area (Å²) < 4.78 is 51.6. The fraction of sp³-hybridized carbons (Fsp3) is 0.0833. The van der Waals surface area contributed by atoms with E-state index in [1.807, 2.05) is 0 Å². The average Bonchev–Trinajstić information content (AvgIpc) is 2.28. The Morgan fingerprint density at radius 2 is 1.50 bits per heavy atom. The van der Waals surface area contributed by atoms with E-state index in [2.05, 4.69) is 4.98 Å². The standard InChI is InChI=1S/C12H4Cl3F4N/c13-6-2-8(14)10(9(15)3-6)7-1-5(12(17,18)19)4-20-11(7)16/h1-4H. The first-order valence-corrected chi connectivity index (χ1v) is 6.21. The highest BCUT2D eigenvalue weighted by atomic mass is 35.5. The number of pyridine rings is 1. The van der Waals surface area contributed by atoms with Gasteiger partial charge in [-0.1, -0.05) is 34.8 Å². The van der Waals surface area contributed by atoms with Gasteiger partial charge in [0.1, 0.15) is 0 Å². The number of nitrogens with zero attached hydrogens (tertiary/aromatic N) is 1. The molecule has 106 valence electrons. The second-order valence-electron chi connectivity index (χ2n) is 3.80. The Labute approximate surface area is 126 Å². The van der Waals surface area contributed by atoms with E-state index in [-0.39, 0.29) is 20.6 Å². The Morgan fingerprint density at radius 3 is 2.00 bits per heavy atom. The van der Waals surface area contributed by atoms with Crippen LogP contribution < -0.4 is 0 Å². The predicted octanol–water partition coefficient (Wildman–Crippen LogP) is 5.87. The van der Waals surface area contributed by atoms with Crippen LogP contribution in [-0.2, 0) is 6.18 Å². The highest BCUT2D eigenvalue weighted by Gasteiger charge is 2.32. The van der Waals surface area contributed by atoms with Gasteiger partial charge in [0.05, 0.1) is 15.6 Å². The molecule has 2 aromatic rings. The van der Waals surface area contributed by atoms with Crippen molar-refractivity contribution in [1.82, 2.24) is 4.98 Å². The first-order chi connectivity index (χ1) is 9.20. The van der Waals surface area contributed by atoms with Gasteiger partial charge in [0.15, 0.2) is 0 Å². The zero-order valence-electron chi connectivity index (χ0n) is 9.40. The van der Waals surface area contributed by atoms with Crippen molar-refractivity contribution < 1.29 is 17.6 Å². The third kappa shape index (κ3) is 3.00. The van der Waals surface area contributed by atoms with Crippen molar-refractivity contribution >= 4 is 34.8 Å². The lowest BCUT2D eigenvalue weighted by atomic mass is 10.1. The molecule has 0 aliphatic rings. The van der Waals surface area contributed by atoms with Gasteiger partial charge < -0.3 is 0 Å². The Morgan fingerprint density at radius 1 is 0.950 bits per heavy atom. The zero-order chi connectivity index (χ0) is 15.1. The third-order valence-electron chi connectivity index (χ3n) is 2.44. The maximum absolute atomic E-state index is 13.7. The summed E-state index contributed by atoms with van der Waals surface area (Å²) in [5.41, 5.74) is -1.63. The van der Waals surface area contributed by atoms with E-state index in [9.17, 15) is 17.6 Å². The van der Waals surface area contributed by atoms with E-state index in [0.29, 0.717) is 12.3 Å². The van der Waals surface area contributed by atoms with Crippen molar-refractivity contribution in [2.45, 2.75) is 6.18 Å². The molecule has 0 radical (unpaired) electrons. The lowest BCUT2D eigenvalue weighted by molar-refractivity contribution is -0.137. The molecular formula is C12H4Cl3F4N. The molecule has 0 aliphatic carbocycles. The minimum absolute atomic E-state index is 0.0671. The molecule has 1 heterocycles. The number of aromatic nitrogens is 1. The van der Waals surface area contributed by atoms with E-state index in [1.165, 1.54) is 12.1 Å². The van der Waals surface area contributed by atoms with E-state index < -0.39 is 23.3 Å². The number of benzene rings is 1. The van der Waals surface area contributed by atoms with Gasteiger partial charge in [0.25, 0.3) is 0 Å². The van der Waals surface area contributed by atoms with Crippen LogP contribution in [0.2, 0.25) is 15.1 Å². The first kappa shape index (κ1) is 15.4. The van der Waals surface area contributed by atoms with Gasteiger partial charge in [0.2, 0.25) is 5.95 Å². The van der Waals surface area contributed by atoms with Gasteiger partial charge in [-0.15, -0.1) is 0 Å². The molecule has 1 nitrogen and oxygen atoms in total. The number of alkyl halides is 3. The summed E-state index contributed by atoms with van der Waals surface area (Å²) in [6.45, 7) is 0. The van der Waals surface area contributed by atoms with Crippen LogP contribution in [0.25, 0.3) is 11.1 Å². The first-order valence-electron chi connectivity index (χ1n) is 5.08. The number of rotatable bonds is 1. The van der Waals surface area contributed by atoms with Gasteiger partial charge in [-0.3, -0.25) is 0 Å². The molecule has 0 atom stereocenters. The van der Waals surface area contributed by atoms with E-state index in [4.69, 9.17) is 34.8 Å². The zero-order valence-corrected chi connectivity index (χ0v) is 11.7. The topological polar surface area (TPSA) is 12.9 Å². The highest BCUT2D eigenvalue weighted by Crippen LogP contribution is 2.40. The summed E-state index contributed by atoms with van der Waals surface area (Å²) in [6.07, 6.45) is -4.25. The second-order valence-corrected chi connectivity index (χ2v) is 5.06. The van der Waals surface area contributed by atoms with Crippen molar-refractivity contribution in [2.24, 2.45) is 0 Å². The van der Waals surface area contributed by atoms with Crippen molar-refractivity contribution in [2.75, 3.05) is 0 Å². The van der Waals surface area contributed by atoms with Gasteiger partial charge in [0, 0.05) is 22.3 Å². The molecule has 0 saturated carbocycles. The molecule has 8 heteroatoms. The van der Waals surface area contributed by atoms with Gasteiger partial charge in [-0.2, -0.15) is 17.6 Å². The van der Waals surface area contributed by atoms with Crippen LogP contribution in [0.4, 0.5) is 17.6 Å². The molecule has 0 aliphatic heterocycles. The van der Waals surface area contributed by atoms with Crippen LogP contribution in [0, 0.1) is 5.95 Å². The third-order valence-corrected chi connectivity index (χ3v) is 3.26. The van der Waals surface area contributed by atoms with Crippen LogP contribution in [0.1, 0.15) is 5.56 Å². The normalized spacial score (nSPS) is 11.8. The monoisotopic (exact) mass is 343 g/mol. The summed E-state index contributed by atoms with van der Waals surface area (Å²) in [6, 6.07) is 3.11. The molecule has 0 N–H and O–H groups in total. The second kappa shape index (κ2) is 5.39. The molecule has 0 amide bonds. The van der Waals surface area contributed by atoms with Crippen molar-refractivity contribution in [1.29, 1.82) is 0 Å². The van der Waals surface area contributed by atoms with Crippen molar-refractivity contribution in [3.05, 3.63) is 51.0 Å². The Kier molecular flexibility index (Phi) is 4.14. The molecule has 0 spiro atoms. The minimum atomic E-state index is -4.65. The number of halogens is 7. The molecule has 1 aromatic carbocycles. The summed E-state index contributed by atoms with van der Waals surface area (Å²) in [4.78, 5) is 3.09. The van der Waals surface area contributed by atoms with Crippen molar-refractivity contribution in [3.63, 3.8) is 0 Å². The molecule has 0 saturated heterocycles. The van der Waals surface area contributed by atoms with Gasteiger partial charge in [-0.05, 0) is 18.2 Å². The molecule has 0 fully saturated rings. The Hall–Kier alpha value is -1.04. The molecule has 2 rings (SSSR count). The van der Waals surface area contributed by atoms with Crippen LogP contribution in [0.5, 0.6) is 0 Å². The van der Waals surface area contributed by atoms with E-state index >= 15 is 0 Å². The summed E-state index contributed by atoms with van der Waals surface area (Å²) in [5, 5.41) is 0.0501. The summed E-state index contributed by atoms with van der Waals surface area (Å²) >= 11 is 17.4. The van der Waals surface area contributed by atoms with Gasteiger partial charge >= 0.3 is 6.18 Å². The highest BCUT2D eigenvalue weighted by molar-refractivity contribution is 6.41. The number of hydrogen-bond acceptors (Lipinski definition) is 1. The summed E-state index contributed by atoms with van der Waals surface area (Å²) in [7, 11) is 0. The Balaban J connectivity index is 2.70. The van der Waals surface area contributed by atoms with E-state index in [0.717, 1.165) is 0 Å².